The predicted molar refractivity (Wildman–Crippen MR) is 126 cm³/mol. The summed E-state index contributed by atoms with van der Waals surface area (Å²) < 4.78 is 0. The molecule has 4 heteroatoms. The van der Waals surface area contributed by atoms with Gasteiger partial charge in [-0.3, -0.25) is 4.79 Å². The van der Waals surface area contributed by atoms with Crippen LogP contribution in [0.4, 0.5) is 0 Å². The number of rotatable bonds is 3. The summed E-state index contributed by atoms with van der Waals surface area (Å²) in [5.41, 5.74) is 5.11. The summed E-state index contributed by atoms with van der Waals surface area (Å²) in [7, 11) is 0. The van der Waals surface area contributed by atoms with E-state index >= 15 is 0 Å². The van der Waals surface area contributed by atoms with E-state index in [9.17, 15) is 4.79 Å². The average molecular weight is 427 g/mol. The molecule has 1 aliphatic heterocycles. The highest BCUT2D eigenvalue weighted by Gasteiger charge is 2.43. The molecular weight excluding hydrogens is 404 g/mol. The Labute approximate surface area is 187 Å². The maximum absolute atomic E-state index is 13.5. The Morgan fingerprint density at radius 2 is 1.71 bits per heavy atom. The lowest BCUT2D eigenvalue weighted by Crippen LogP contribution is -2.31. The van der Waals surface area contributed by atoms with Crippen molar-refractivity contribution in [1.29, 1.82) is 0 Å². The molecule has 0 spiro atoms. The molecule has 1 heterocycles. The van der Waals surface area contributed by atoms with E-state index in [2.05, 4.69) is 30.3 Å². The second-order valence-corrected chi connectivity index (χ2v) is 8.52. The zero-order chi connectivity index (χ0) is 21.2. The normalized spacial score (nSPS) is 21.6. The molecule has 0 radical (unpaired) electrons. The minimum atomic E-state index is -0.114. The monoisotopic (exact) mass is 426 g/mol. The Kier molecular flexibility index (Phi) is 5.44. The molecule has 2 aliphatic rings. The number of halogens is 1. The second-order valence-electron chi connectivity index (χ2n) is 8.08. The molecule has 0 aromatic heterocycles. The lowest BCUT2D eigenvalue weighted by Gasteiger charge is -2.29. The van der Waals surface area contributed by atoms with Crippen LogP contribution < -0.4 is 0 Å². The highest BCUT2D eigenvalue weighted by Crippen LogP contribution is 2.44. The van der Waals surface area contributed by atoms with Crippen molar-refractivity contribution in [3.8, 4) is 0 Å². The summed E-state index contributed by atoms with van der Waals surface area (Å²) in [5, 5.41) is 7.18. The molecule has 5 rings (SSSR count). The van der Waals surface area contributed by atoms with Gasteiger partial charge in [0.15, 0.2) is 0 Å². The molecule has 0 N–H and O–H groups in total. The van der Waals surface area contributed by atoms with E-state index < -0.39 is 0 Å². The van der Waals surface area contributed by atoms with Gasteiger partial charge in [-0.15, -0.1) is 0 Å². The van der Waals surface area contributed by atoms with Gasteiger partial charge in [0.25, 0.3) is 5.91 Å². The third-order valence-corrected chi connectivity index (χ3v) is 6.30. The van der Waals surface area contributed by atoms with Crippen LogP contribution in [0.2, 0.25) is 5.02 Å². The van der Waals surface area contributed by atoms with Crippen LogP contribution in [-0.2, 0) is 0 Å². The molecule has 0 bridgehead atoms. The van der Waals surface area contributed by atoms with E-state index in [1.165, 1.54) is 5.57 Å². The first-order valence-corrected chi connectivity index (χ1v) is 11.1. The number of fused-ring (bicyclic) bond motifs is 1. The van der Waals surface area contributed by atoms with E-state index in [0.29, 0.717) is 10.6 Å². The Morgan fingerprint density at radius 1 is 0.968 bits per heavy atom. The number of hydrogen-bond acceptors (Lipinski definition) is 2. The zero-order valence-electron chi connectivity index (χ0n) is 17.1. The van der Waals surface area contributed by atoms with Gasteiger partial charge < -0.3 is 0 Å². The van der Waals surface area contributed by atoms with Crippen LogP contribution in [0, 0.1) is 5.92 Å². The maximum Gasteiger partial charge on any atom is 0.274 e. The van der Waals surface area contributed by atoms with Gasteiger partial charge in [0, 0.05) is 16.5 Å². The van der Waals surface area contributed by atoms with Crippen molar-refractivity contribution in [3.63, 3.8) is 0 Å². The van der Waals surface area contributed by atoms with Crippen LogP contribution in [0.1, 0.15) is 46.8 Å². The van der Waals surface area contributed by atoms with Gasteiger partial charge in [-0.1, -0.05) is 78.3 Å². The zero-order valence-corrected chi connectivity index (χ0v) is 17.9. The summed E-state index contributed by atoms with van der Waals surface area (Å²) in [4.78, 5) is 13.5. The molecule has 0 saturated heterocycles. The molecule has 1 amide bonds. The van der Waals surface area contributed by atoms with Crippen molar-refractivity contribution >= 4 is 29.3 Å². The van der Waals surface area contributed by atoms with E-state index in [4.69, 9.17) is 16.7 Å². The fourth-order valence-electron chi connectivity index (χ4n) is 4.66. The largest absolute Gasteiger partial charge is 0.274 e. The Hall–Kier alpha value is -3.17. The fraction of sp³-hybridized carbons (Fsp3) is 0.185. The smallest absolute Gasteiger partial charge is 0.267 e. The summed E-state index contributed by atoms with van der Waals surface area (Å²) in [5.74, 6) is 0.0755. The third kappa shape index (κ3) is 3.94. The van der Waals surface area contributed by atoms with Crippen molar-refractivity contribution < 1.29 is 4.79 Å². The Bertz CT molecular complexity index is 1150. The summed E-state index contributed by atoms with van der Waals surface area (Å²) in [6.45, 7) is 0. The van der Waals surface area contributed by atoms with Gasteiger partial charge >= 0.3 is 0 Å². The van der Waals surface area contributed by atoms with E-state index in [1.807, 2.05) is 42.5 Å². The lowest BCUT2D eigenvalue weighted by molar-refractivity contribution is 0.0681. The average Bonchev–Trinajstić information content (AvgIpc) is 3.20. The minimum Gasteiger partial charge on any atom is -0.267 e. The molecule has 2 unspecified atom stereocenters. The summed E-state index contributed by atoms with van der Waals surface area (Å²) >= 11 is 6.17. The molecule has 154 valence electrons. The molecule has 1 aliphatic carbocycles. The number of hydrogen-bond donors (Lipinski definition) is 0. The van der Waals surface area contributed by atoms with Crippen LogP contribution in [0.5, 0.6) is 0 Å². The molecule has 3 aromatic rings. The number of benzene rings is 3. The van der Waals surface area contributed by atoms with Gasteiger partial charge in [-0.05, 0) is 60.2 Å². The van der Waals surface area contributed by atoms with E-state index in [0.717, 1.165) is 36.1 Å². The molecular formula is C27H23ClN2O. The van der Waals surface area contributed by atoms with Crippen LogP contribution in [-0.4, -0.2) is 16.6 Å². The third-order valence-electron chi connectivity index (χ3n) is 6.06. The topological polar surface area (TPSA) is 32.7 Å². The summed E-state index contributed by atoms with van der Waals surface area (Å²) in [6.07, 6.45) is 5.31. The van der Waals surface area contributed by atoms with E-state index in [-0.39, 0.29) is 17.9 Å². The fourth-order valence-corrected chi connectivity index (χ4v) is 4.85. The van der Waals surface area contributed by atoms with Gasteiger partial charge in [0.1, 0.15) is 0 Å². The lowest BCUT2D eigenvalue weighted by atomic mass is 9.77. The number of amides is 1. The molecule has 31 heavy (non-hydrogen) atoms. The number of allylic oxidation sites excluding steroid dienone is 1. The second kappa shape index (κ2) is 8.52. The Balaban J connectivity index is 1.58. The standard InChI is InChI=1S/C27H23ClN2O/c28-23-15-7-14-22(18-23)27(31)30-26(20-11-5-2-6-12-20)24-16-8-13-21(25(24)29-30)17-19-9-3-1-4-10-19/h1-7,9-12,14-15,17-18,24,26H,8,13,16H2/b21-17+. The Morgan fingerprint density at radius 3 is 2.45 bits per heavy atom. The van der Waals surface area contributed by atoms with Crippen molar-refractivity contribution in [2.75, 3.05) is 0 Å². The number of carbonyl (C=O) groups excluding carboxylic acids is 1. The summed E-state index contributed by atoms with van der Waals surface area (Å²) in [6, 6.07) is 27.6. The quantitative estimate of drug-likeness (QED) is 0.454. The van der Waals surface area contributed by atoms with Gasteiger partial charge in [0.05, 0.1) is 11.8 Å². The highest BCUT2D eigenvalue weighted by atomic mass is 35.5. The first-order valence-electron chi connectivity index (χ1n) is 10.7. The number of nitrogens with zero attached hydrogens (tertiary/aromatic N) is 2. The number of hydrazone groups is 1. The van der Waals surface area contributed by atoms with E-state index in [1.54, 1.807) is 23.2 Å². The van der Waals surface area contributed by atoms with Gasteiger partial charge in [-0.25, -0.2) is 5.01 Å². The molecule has 1 fully saturated rings. The van der Waals surface area contributed by atoms with Gasteiger partial charge in [-0.2, -0.15) is 5.10 Å². The number of carbonyl (C=O) groups is 1. The van der Waals surface area contributed by atoms with Crippen LogP contribution in [0.15, 0.2) is 95.6 Å². The molecule has 3 aromatic carbocycles. The van der Waals surface area contributed by atoms with Crippen LogP contribution in [0.3, 0.4) is 0 Å². The predicted octanol–water partition coefficient (Wildman–Crippen LogP) is 6.78. The maximum atomic E-state index is 13.5. The molecule has 1 saturated carbocycles. The SMILES string of the molecule is O=C(c1cccc(Cl)c1)N1N=C2/C(=C/c3ccccc3)CCCC2C1c1ccccc1. The van der Waals surface area contributed by atoms with Crippen molar-refractivity contribution in [2.45, 2.75) is 25.3 Å². The highest BCUT2D eigenvalue weighted by molar-refractivity contribution is 6.31. The minimum absolute atomic E-state index is 0.109. The van der Waals surface area contributed by atoms with Gasteiger partial charge in [0.2, 0.25) is 0 Å². The first-order chi connectivity index (χ1) is 15.2. The first kappa shape index (κ1) is 19.8. The van der Waals surface area contributed by atoms with Crippen LogP contribution in [0.25, 0.3) is 6.08 Å². The van der Waals surface area contributed by atoms with Crippen molar-refractivity contribution in [2.24, 2.45) is 11.0 Å². The van der Waals surface area contributed by atoms with Crippen molar-refractivity contribution in [3.05, 3.63) is 112 Å². The molecule has 2 atom stereocenters. The van der Waals surface area contributed by atoms with Crippen LogP contribution >= 0.6 is 11.6 Å². The van der Waals surface area contributed by atoms with Crippen molar-refractivity contribution in [1.82, 2.24) is 5.01 Å². The molecule has 3 nitrogen and oxygen atoms in total.